The number of anilines is 1. The average molecular weight is 357 g/mol. The van der Waals surface area contributed by atoms with Gasteiger partial charge in [0.1, 0.15) is 23.6 Å². The molecular weight excluding hydrogens is 334 g/mol. The summed E-state index contributed by atoms with van der Waals surface area (Å²) in [6.07, 6.45) is 3.01. The Kier molecular flexibility index (Phi) is 5.88. The van der Waals surface area contributed by atoms with Crippen LogP contribution < -0.4 is 14.4 Å². The van der Waals surface area contributed by atoms with Crippen molar-refractivity contribution in [2.24, 2.45) is 5.92 Å². The highest BCUT2D eigenvalue weighted by atomic mass is 16.5. The molecule has 0 N–H and O–H groups in total. The zero-order chi connectivity index (χ0) is 18.4. The molecule has 26 heavy (non-hydrogen) atoms. The molecule has 0 saturated carbocycles. The molecule has 1 aliphatic heterocycles. The first-order valence-corrected chi connectivity index (χ1v) is 8.75. The fraction of sp³-hybridized carbons (Fsp3) is 0.421. The molecule has 0 bridgehead atoms. The molecule has 7 nitrogen and oxygen atoms in total. The zero-order valence-corrected chi connectivity index (χ0v) is 15.1. The number of carbonyl (C=O) groups excluding carboxylic acids is 1. The average Bonchev–Trinajstić information content (AvgIpc) is 2.69. The van der Waals surface area contributed by atoms with Crippen LogP contribution in [0.3, 0.4) is 0 Å². The number of piperidine rings is 1. The van der Waals surface area contributed by atoms with E-state index in [1.807, 2.05) is 31.2 Å². The van der Waals surface area contributed by atoms with Gasteiger partial charge >= 0.3 is 5.97 Å². The van der Waals surface area contributed by atoms with Crippen LogP contribution >= 0.6 is 0 Å². The van der Waals surface area contributed by atoms with E-state index in [1.165, 1.54) is 6.33 Å². The Bertz CT molecular complexity index is 745. The highest BCUT2D eigenvalue weighted by molar-refractivity contribution is 5.72. The highest BCUT2D eigenvalue weighted by Gasteiger charge is 2.26. The van der Waals surface area contributed by atoms with Gasteiger partial charge in [-0.2, -0.15) is 0 Å². The quantitative estimate of drug-likeness (QED) is 0.736. The molecule has 0 unspecified atom stereocenters. The van der Waals surface area contributed by atoms with Gasteiger partial charge in [0.05, 0.1) is 19.6 Å². The first-order valence-electron chi connectivity index (χ1n) is 8.75. The number of nitrogens with zero attached hydrogens (tertiary/aromatic N) is 3. The summed E-state index contributed by atoms with van der Waals surface area (Å²) in [6.45, 7) is 3.76. The first-order chi connectivity index (χ1) is 12.7. The predicted molar refractivity (Wildman–Crippen MR) is 96.7 cm³/mol. The van der Waals surface area contributed by atoms with E-state index >= 15 is 0 Å². The van der Waals surface area contributed by atoms with Crippen molar-refractivity contribution >= 4 is 11.8 Å². The molecule has 2 aromatic rings. The molecule has 0 amide bonds. The molecule has 7 heteroatoms. The van der Waals surface area contributed by atoms with E-state index in [0.29, 0.717) is 18.2 Å². The lowest BCUT2D eigenvalue weighted by atomic mass is 9.97. The maximum Gasteiger partial charge on any atom is 0.309 e. The fourth-order valence-electron chi connectivity index (χ4n) is 2.95. The van der Waals surface area contributed by atoms with Crippen molar-refractivity contribution in [1.29, 1.82) is 0 Å². The minimum Gasteiger partial charge on any atom is -0.497 e. The lowest BCUT2D eigenvalue weighted by molar-refractivity contribution is -0.148. The first kappa shape index (κ1) is 18.0. The number of hydrogen-bond acceptors (Lipinski definition) is 7. The highest BCUT2D eigenvalue weighted by Crippen LogP contribution is 2.27. The second kappa shape index (κ2) is 8.51. The number of rotatable bonds is 6. The van der Waals surface area contributed by atoms with Crippen LogP contribution in [-0.4, -0.2) is 42.7 Å². The van der Waals surface area contributed by atoms with Gasteiger partial charge in [0.2, 0.25) is 5.88 Å². The van der Waals surface area contributed by atoms with Gasteiger partial charge in [-0.3, -0.25) is 4.79 Å². The van der Waals surface area contributed by atoms with Crippen LogP contribution in [0.15, 0.2) is 36.7 Å². The van der Waals surface area contributed by atoms with Gasteiger partial charge in [0, 0.05) is 25.2 Å². The summed E-state index contributed by atoms with van der Waals surface area (Å²) in [6, 6.07) is 9.16. The summed E-state index contributed by atoms with van der Waals surface area (Å²) in [7, 11) is 1.61. The van der Waals surface area contributed by atoms with E-state index in [4.69, 9.17) is 14.2 Å². The lowest BCUT2D eigenvalue weighted by Crippen LogP contribution is -2.37. The van der Waals surface area contributed by atoms with E-state index < -0.39 is 0 Å². The fourth-order valence-corrected chi connectivity index (χ4v) is 2.95. The minimum absolute atomic E-state index is 0.0273. The number of benzene rings is 1. The number of carbonyl (C=O) groups is 1. The van der Waals surface area contributed by atoms with Crippen molar-refractivity contribution in [3.05, 3.63) is 36.7 Å². The molecule has 138 valence electrons. The van der Waals surface area contributed by atoms with Crippen LogP contribution in [0.1, 0.15) is 19.8 Å². The third-order valence-corrected chi connectivity index (χ3v) is 4.33. The van der Waals surface area contributed by atoms with E-state index in [-0.39, 0.29) is 11.9 Å². The summed E-state index contributed by atoms with van der Waals surface area (Å²) in [5.74, 6) is 2.50. The molecule has 1 aromatic heterocycles. The van der Waals surface area contributed by atoms with Crippen LogP contribution in [0.2, 0.25) is 0 Å². The largest absolute Gasteiger partial charge is 0.497 e. The number of methoxy groups -OCH3 is 1. The van der Waals surface area contributed by atoms with Crippen molar-refractivity contribution in [3.8, 4) is 17.4 Å². The number of esters is 1. The van der Waals surface area contributed by atoms with E-state index in [2.05, 4.69) is 14.9 Å². The van der Waals surface area contributed by atoms with Crippen molar-refractivity contribution in [2.45, 2.75) is 19.8 Å². The second-order valence-electron chi connectivity index (χ2n) is 6.01. The lowest BCUT2D eigenvalue weighted by Gasteiger charge is -2.31. The van der Waals surface area contributed by atoms with Gasteiger partial charge in [-0.25, -0.2) is 9.97 Å². The molecule has 0 aliphatic carbocycles. The summed E-state index contributed by atoms with van der Waals surface area (Å²) in [4.78, 5) is 22.5. The maximum atomic E-state index is 11.9. The monoisotopic (exact) mass is 357 g/mol. The third kappa shape index (κ3) is 4.41. The van der Waals surface area contributed by atoms with E-state index in [0.717, 1.165) is 37.5 Å². The molecule has 1 aliphatic rings. The predicted octanol–water partition coefficient (Wildman–Crippen LogP) is 3.06. The summed E-state index contributed by atoms with van der Waals surface area (Å²) < 4.78 is 16.1. The smallest absolute Gasteiger partial charge is 0.309 e. The van der Waals surface area contributed by atoms with E-state index in [9.17, 15) is 4.79 Å². The summed E-state index contributed by atoms with van der Waals surface area (Å²) in [5, 5.41) is 0. The maximum absolute atomic E-state index is 11.9. The Labute approximate surface area is 152 Å². The number of aromatic nitrogens is 2. The molecular formula is C19H23N3O4. The topological polar surface area (TPSA) is 73.8 Å². The SMILES string of the molecule is CCOC(=O)C1CCN(c2cc(Oc3cccc(OC)c3)ncn2)CC1. The Balaban J connectivity index is 1.63. The van der Waals surface area contributed by atoms with Crippen molar-refractivity contribution in [3.63, 3.8) is 0 Å². The molecule has 0 atom stereocenters. The van der Waals surface area contributed by atoms with Gasteiger partial charge in [0.15, 0.2) is 0 Å². The third-order valence-electron chi connectivity index (χ3n) is 4.33. The van der Waals surface area contributed by atoms with Crippen molar-refractivity contribution in [2.75, 3.05) is 31.7 Å². The molecule has 1 saturated heterocycles. The molecule has 2 heterocycles. The Morgan fingerprint density at radius 3 is 2.69 bits per heavy atom. The molecule has 1 aromatic carbocycles. The van der Waals surface area contributed by atoms with Crippen LogP contribution in [0.25, 0.3) is 0 Å². The molecule has 0 spiro atoms. The summed E-state index contributed by atoms with van der Waals surface area (Å²) in [5.41, 5.74) is 0. The number of hydrogen-bond donors (Lipinski definition) is 0. The molecule has 0 radical (unpaired) electrons. The van der Waals surface area contributed by atoms with Crippen LogP contribution in [0, 0.1) is 5.92 Å². The van der Waals surface area contributed by atoms with Crippen LogP contribution in [0.5, 0.6) is 17.4 Å². The van der Waals surface area contributed by atoms with Crippen LogP contribution in [0.4, 0.5) is 5.82 Å². The van der Waals surface area contributed by atoms with Gasteiger partial charge in [0.25, 0.3) is 0 Å². The number of ether oxygens (including phenoxy) is 3. The molecule has 3 rings (SSSR count). The second-order valence-corrected chi connectivity index (χ2v) is 6.01. The normalized spacial score (nSPS) is 14.8. The van der Waals surface area contributed by atoms with Gasteiger partial charge < -0.3 is 19.1 Å². The molecule has 1 fully saturated rings. The standard InChI is InChI=1S/C19H23N3O4/c1-3-25-19(23)14-7-9-22(10-8-14)17-12-18(21-13-20-17)26-16-6-4-5-15(11-16)24-2/h4-6,11-14H,3,7-10H2,1-2H3. The zero-order valence-electron chi connectivity index (χ0n) is 15.1. The van der Waals surface area contributed by atoms with Gasteiger partial charge in [-0.1, -0.05) is 6.07 Å². The Hall–Kier alpha value is -2.83. The minimum atomic E-state index is -0.100. The summed E-state index contributed by atoms with van der Waals surface area (Å²) >= 11 is 0. The van der Waals surface area contributed by atoms with Crippen molar-refractivity contribution in [1.82, 2.24) is 9.97 Å². The van der Waals surface area contributed by atoms with Crippen LogP contribution in [-0.2, 0) is 9.53 Å². The van der Waals surface area contributed by atoms with Gasteiger partial charge in [-0.15, -0.1) is 0 Å². The Morgan fingerprint density at radius 1 is 1.19 bits per heavy atom. The van der Waals surface area contributed by atoms with Crippen molar-refractivity contribution < 1.29 is 19.0 Å². The Morgan fingerprint density at radius 2 is 1.96 bits per heavy atom. The van der Waals surface area contributed by atoms with Gasteiger partial charge in [-0.05, 0) is 31.9 Å². The van der Waals surface area contributed by atoms with E-state index in [1.54, 1.807) is 13.2 Å².